The third kappa shape index (κ3) is 4.26. The third-order valence-electron chi connectivity index (χ3n) is 5.23. The summed E-state index contributed by atoms with van der Waals surface area (Å²) in [6.45, 7) is 4.11. The molecule has 3 aromatic rings. The summed E-state index contributed by atoms with van der Waals surface area (Å²) in [6, 6.07) is 23.4. The van der Waals surface area contributed by atoms with Gasteiger partial charge in [-0.05, 0) is 60.9 Å². The van der Waals surface area contributed by atoms with E-state index in [1.165, 1.54) is 5.56 Å². The molecule has 2 amide bonds. The number of carbonyl (C=O) groups excluding carboxylic acids is 2. The molecular weight excluding hydrogens is 392 g/mol. The largest absolute Gasteiger partial charge is 0.322 e. The molecule has 1 unspecified atom stereocenters. The average Bonchev–Trinajstić information content (AvgIpc) is 3.16. The predicted octanol–water partition coefficient (Wildman–Crippen LogP) is 5.59. The molecule has 4 nitrogen and oxygen atoms in total. The summed E-state index contributed by atoms with van der Waals surface area (Å²) >= 11 is 1.63. The minimum Gasteiger partial charge on any atom is -0.322 e. The Morgan fingerprint density at radius 1 is 1.07 bits per heavy atom. The molecule has 1 aliphatic heterocycles. The first-order chi connectivity index (χ1) is 14.5. The Balaban J connectivity index is 1.51. The number of hydrogen-bond acceptors (Lipinski definition) is 3. The second kappa shape index (κ2) is 8.76. The molecule has 1 atom stereocenters. The molecule has 4 rings (SSSR count). The van der Waals surface area contributed by atoms with Crippen molar-refractivity contribution >= 4 is 35.0 Å². The van der Waals surface area contributed by atoms with Crippen LogP contribution in [-0.2, 0) is 11.2 Å². The van der Waals surface area contributed by atoms with Crippen molar-refractivity contribution in [2.45, 2.75) is 25.6 Å². The summed E-state index contributed by atoms with van der Waals surface area (Å²) in [5, 5.41) is 2.87. The lowest BCUT2D eigenvalue weighted by Crippen LogP contribution is -2.27. The number of amides is 2. The second-order valence-electron chi connectivity index (χ2n) is 7.39. The Bertz CT molecular complexity index is 1060. The molecule has 1 fully saturated rings. The number of anilines is 2. The second-order valence-corrected chi connectivity index (χ2v) is 8.46. The summed E-state index contributed by atoms with van der Waals surface area (Å²) in [5.74, 6) is 0.452. The molecule has 5 heteroatoms. The van der Waals surface area contributed by atoms with Gasteiger partial charge in [-0.1, -0.05) is 48.9 Å². The van der Waals surface area contributed by atoms with Gasteiger partial charge in [0, 0.05) is 16.9 Å². The zero-order valence-corrected chi connectivity index (χ0v) is 17.9. The number of benzene rings is 3. The highest BCUT2D eigenvalue weighted by molar-refractivity contribution is 8.00. The summed E-state index contributed by atoms with van der Waals surface area (Å²) in [7, 11) is 0. The van der Waals surface area contributed by atoms with Crippen molar-refractivity contribution in [3.05, 3.63) is 95.1 Å². The van der Waals surface area contributed by atoms with E-state index in [9.17, 15) is 9.59 Å². The van der Waals surface area contributed by atoms with E-state index < -0.39 is 0 Å². The Hall–Kier alpha value is -3.05. The fourth-order valence-electron chi connectivity index (χ4n) is 3.52. The highest BCUT2D eigenvalue weighted by Crippen LogP contribution is 2.42. The first-order valence-electron chi connectivity index (χ1n) is 10.1. The molecule has 1 heterocycles. The smallest absolute Gasteiger partial charge is 0.255 e. The van der Waals surface area contributed by atoms with Gasteiger partial charge in [0.15, 0.2) is 0 Å². The average molecular weight is 417 g/mol. The molecular formula is C25H24N2O2S. The molecule has 0 spiro atoms. The third-order valence-corrected chi connectivity index (χ3v) is 6.44. The molecule has 30 heavy (non-hydrogen) atoms. The first-order valence-corrected chi connectivity index (χ1v) is 11.1. The summed E-state index contributed by atoms with van der Waals surface area (Å²) in [5.41, 5.74) is 5.67. The molecule has 0 aliphatic carbocycles. The van der Waals surface area contributed by atoms with Crippen LogP contribution in [0.3, 0.4) is 0 Å². The predicted molar refractivity (Wildman–Crippen MR) is 124 cm³/mol. The highest BCUT2D eigenvalue weighted by Gasteiger charge is 2.34. The maximum Gasteiger partial charge on any atom is 0.255 e. The lowest BCUT2D eigenvalue weighted by Gasteiger charge is -2.25. The minimum atomic E-state index is -0.133. The Labute approximate surface area is 181 Å². The van der Waals surface area contributed by atoms with Gasteiger partial charge in [0.05, 0.1) is 5.75 Å². The number of thioether (sulfide) groups is 1. The molecule has 1 N–H and O–H groups in total. The van der Waals surface area contributed by atoms with E-state index in [1.54, 1.807) is 11.8 Å². The number of aryl methyl sites for hydroxylation is 2. The van der Waals surface area contributed by atoms with Gasteiger partial charge in [-0.2, -0.15) is 0 Å². The lowest BCUT2D eigenvalue weighted by molar-refractivity contribution is -0.115. The number of carbonyl (C=O) groups is 2. The number of hydrogen-bond donors (Lipinski definition) is 1. The van der Waals surface area contributed by atoms with Crippen LogP contribution in [0, 0.1) is 6.92 Å². The Morgan fingerprint density at radius 2 is 1.80 bits per heavy atom. The SMILES string of the molecule is CCc1cccc(N2C(=O)CSC2c2ccc(NC(=O)c3ccc(C)cc3)cc2)c1. The van der Waals surface area contributed by atoms with Gasteiger partial charge < -0.3 is 5.32 Å². The van der Waals surface area contributed by atoms with Gasteiger partial charge in [0.25, 0.3) is 5.91 Å². The summed E-state index contributed by atoms with van der Waals surface area (Å²) in [4.78, 5) is 26.9. The van der Waals surface area contributed by atoms with Crippen LogP contribution in [0.1, 0.15) is 39.3 Å². The van der Waals surface area contributed by atoms with Crippen molar-refractivity contribution in [1.29, 1.82) is 0 Å². The van der Waals surface area contributed by atoms with Crippen LogP contribution in [0.25, 0.3) is 0 Å². The zero-order valence-electron chi connectivity index (χ0n) is 17.1. The molecule has 1 aliphatic rings. The normalized spacial score (nSPS) is 16.0. The Kier molecular flexibility index (Phi) is 5.91. The van der Waals surface area contributed by atoms with Crippen LogP contribution in [0.5, 0.6) is 0 Å². The quantitative estimate of drug-likeness (QED) is 0.590. The lowest BCUT2D eigenvalue weighted by atomic mass is 10.1. The van der Waals surface area contributed by atoms with E-state index in [0.717, 1.165) is 28.9 Å². The molecule has 3 aromatic carbocycles. The van der Waals surface area contributed by atoms with E-state index in [2.05, 4.69) is 24.4 Å². The first kappa shape index (κ1) is 20.2. The monoisotopic (exact) mass is 416 g/mol. The number of nitrogens with zero attached hydrogens (tertiary/aromatic N) is 1. The van der Waals surface area contributed by atoms with Crippen LogP contribution in [0.4, 0.5) is 11.4 Å². The molecule has 0 aromatic heterocycles. The van der Waals surface area contributed by atoms with Gasteiger partial charge >= 0.3 is 0 Å². The minimum absolute atomic E-state index is 0.0635. The van der Waals surface area contributed by atoms with E-state index in [4.69, 9.17) is 0 Å². The fourth-order valence-corrected chi connectivity index (χ4v) is 4.69. The maximum atomic E-state index is 12.6. The fraction of sp³-hybridized carbons (Fsp3) is 0.200. The van der Waals surface area contributed by atoms with Gasteiger partial charge in [0.1, 0.15) is 5.37 Å². The van der Waals surface area contributed by atoms with Crippen LogP contribution in [0.15, 0.2) is 72.8 Å². The van der Waals surface area contributed by atoms with Crippen LogP contribution >= 0.6 is 11.8 Å². The van der Waals surface area contributed by atoms with E-state index >= 15 is 0 Å². The van der Waals surface area contributed by atoms with Crippen molar-refractivity contribution in [2.75, 3.05) is 16.0 Å². The topological polar surface area (TPSA) is 49.4 Å². The van der Waals surface area contributed by atoms with Gasteiger partial charge in [-0.15, -0.1) is 11.8 Å². The standard InChI is InChI=1S/C25H24N2O2S/c1-3-18-5-4-6-22(15-18)27-23(28)16-30-25(27)20-11-13-21(14-12-20)26-24(29)19-9-7-17(2)8-10-19/h4-15,25H,3,16H2,1-2H3,(H,26,29). The van der Waals surface area contributed by atoms with Gasteiger partial charge in [-0.3, -0.25) is 14.5 Å². The van der Waals surface area contributed by atoms with Crippen LogP contribution in [-0.4, -0.2) is 17.6 Å². The van der Waals surface area contributed by atoms with Gasteiger partial charge in [-0.25, -0.2) is 0 Å². The van der Waals surface area contributed by atoms with Crippen molar-refractivity contribution in [3.8, 4) is 0 Å². The summed E-state index contributed by atoms with van der Waals surface area (Å²) in [6.07, 6.45) is 0.934. The molecule has 152 valence electrons. The number of rotatable bonds is 5. The highest BCUT2D eigenvalue weighted by atomic mass is 32.2. The van der Waals surface area contributed by atoms with E-state index in [1.807, 2.05) is 72.5 Å². The van der Waals surface area contributed by atoms with Crippen molar-refractivity contribution in [2.24, 2.45) is 0 Å². The zero-order chi connectivity index (χ0) is 21.1. The molecule has 0 radical (unpaired) electrons. The Morgan fingerprint density at radius 3 is 2.50 bits per heavy atom. The molecule has 0 saturated carbocycles. The van der Waals surface area contributed by atoms with E-state index in [0.29, 0.717) is 11.3 Å². The molecule has 1 saturated heterocycles. The van der Waals surface area contributed by atoms with E-state index in [-0.39, 0.29) is 17.2 Å². The maximum absolute atomic E-state index is 12.6. The molecule has 0 bridgehead atoms. The van der Waals surface area contributed by atoms with Crippen molar-refractivity contribution < 1.29 is 9.59 Å². The van der Waals surface area contributed by atoms with Crippen molar-refractivity contribution in [1.82, 2.24) is 0 Å². The van der Waals surface area contributed by atoms with Gasteiger partial charge in [0.2, 0.25) is 5.91 Å². The van der Waals surface area contributed by atoms with Crippen LogP contribution in [0.2, 0.25) is 0 Å². The number of nitrogens with one attached hydrogen (secondary N) is 1. The van der Waals surface area contributed by atoms with Crippen molar-refractivity contribution in [3.63, 3.8) is 0 Å². The summed E-state index contributed by atoms with van der Waals surface area (Å²) < 4.78 is 0. The van der Waals surface area contributed by atoms with Crippen LogP contribution < -0.4 is 10.2 Å².